The molecule has 0 aromatic carbocycles. The smallest absolute Gasteiger partial charge is 0.235 e. The molecule has 94 valence electrons. The minimum absolute atomic E-state index is 0.0662. The van der Waals surface area contributed by atoms with Gasteiger partial charge in [-0.3, -0.25) is 4.79 Å². The number of piperidine rings is 1. The van der Waals surface area contributed by atoms with E-state index in [0.29, 0.717) is 6.04 Å². The molecule has 0 saturated carbocycles. The van der Waals surface area contributed by atoms with Gasteiger partial charge in [0.05, 0.1) is 17.6 Å². The molecule has 1 amide bonds. The number of aromatic nitrogens is 2. The van der Waals surface area contributed by atoms with Gasteiger partial charge in [-0.05, 0) is 26.0 Å². The van der Waals surface area contributed by atoms with Crippen LogP contribution in [0.1, 0.15) is 25.8 Å². The van der Waals surface area contributed by atoms with Gasteiger partial charge in [0.1, 0.15) is 0 Å². The van der Waals surface area contributed by atoms with Crippen molar-refractivity contribution in [3.05, 3.63) is 18.7 Å². The van der Waals surface area contributed by atoms with Crippen molar-refractivity contribution >= 4 is 17.7 Å². The summed E-state index contributed by atoms with van der Waals surface area (Å²) in [5, 5.41) is 0.0662. The van der Waals surface area contributed by atoms with Gasteiger partial charge in [0.25, 0.3) is 0 Å². The van der Waals surface area contributed by atoms with Crippen molar-refractivity contribution in [2.24, 2.45) is 0 Å². The summed E-state index contributed by atoms with van der Waals surface area (Å²) in [6.07, 6.45) is 9.82. The van der Waals surface area contributed by atoms with Crippen molar-refractivity contribution in [1.82, 2.24) is 14.5 Å². The molecule has 1 aromatic rings. The van der Waals surface area contributed by atoms with E-state index >= 15 is 0 Å². The van der Waals surface area contributed by atoms with Crippen LogP contribution in [0.4, 0.5) is 0 Å². The molecular weight excluding hydrogens is 234 g/mol. The van der Waals surface area contributed by atoms with E-state index in [0.717, 1.165) is 25.9 Å². The Morgan fingerprint density at radius 2 is 2.41 bits per heavy atom. The topological polar surface area (TPSA) is 38.1 Å². The van der Waals surface area contributed by atoms with Crippen molar-refractivity contribution in [2.45, 2.75) is 31.1 Å². The fraction of sp³-hybridized carbons (Fsp3) is 0.667. The average molecular weight is 253 g/mol. The Bertz CT molecular complexity index is 366. The Labute approximate surface area is 106 Å². The van der Waals surface area contributed by atoms with E-state index in [1.54, 1.807) is 18.0 Å². The van der Waals surface area contributed by atoms with Crippen LogP contribution in [0.15, 0.2) is 18.7 Å². The van der Waals surface area contributed by atoms with Crippen LogP contribution in [0, 0.1) is 0 Å². The first kappa shape index (κ1) is 12.5. The Hall–Kier alpha value is -0.970. The van der Waals surface area contributed by atoms with Gasteiger partial charge in [0.15, 0.2) is 0 Å². The zero-order chi connectivity index (χ0) is 12.3. The highest BCUT2D eigenvalue weighted by Gasteiger charge is 2.26. The van der Waals surface area contributed by atoms with E-state index in [2.05, 4.69) is 9.55 Å². The van der Waals surface area contributed by atoms with Gasteiger partial charge in [-0.15, -0.1) is 0 Å². The molecule has 0 spiro atoms. The SMILES string of the molecule is CSC(C)C(=O)N1CCCC(n2ccnc2)C1. The lowest BCUT2D eigenvalue weighted by molar-refractivity contribution is -0.131. The fourth-order valence-electron chi connectivity index (χ4n) is 2.24. The van der Waals surface area contributed by atoms with Crippen LogP contribution in [0.3, 0.4) is 0 Å². The monoisotopic (exact) mass is 253 g/mol. The first-order valence-electron chi connectivity index (χ1n) is 6.01. The molecule has 1 fully saturated rings. The van der Waals surface area contributed by atoms with E-state index in [-0.39, 0.29) is 11.2 Å². The summed E-state index contributed by atoms with van der Waals surface area (Å²) in [4.78, 5) is 18.2. The van der Waals surface area contributed by atoms with Crippen LogP contribution in [0.2, 0.25) is 0 Å². The molecule has 2 rings (SSSR count). The minimum atomic E-state index is 0.0662. The van der Waals surface area contributed by atoms with Gasteiger partial charge < -0.3 is 9.47 Å². The van der Waals surface area contributed by atoms with Crippen LogP contribution in [-0.4, -0.2) is 45.0 Å². The molecule has 0 N–H and O–H groups in total. The lowest BCUT2D eigenvalue weighted by Gasteiger charge is -2.34. The average Bonchev–Trinajstić information content (AvgIpc) is 2.91. The lowest BCUT2D eigenvalue weighted by Crippen LogP contribution is -2.43. The zero-order valence-electron chi connectivity index (χ0n) is 10.4. The predicted molar refractivity (Wildman–Crippen MR) is 70.1 cm³/mol. The number of carbonyl (C=O) groups excluding carboxylic acids is 1. The van der Waals surface area contributed by atoms with Crippen molar-refractivity contribution in [2.75, 3.05) is 19.3 Å². The zero-order valence-corrected chi connectivity index (χ0v) is 11.2. The Morgan fingerprint density at radius 1 is 1.59 bits per heavy atom. The molecule has 0 aliphatic carbocycles. The van der Waals surface area contributed by atoms with E-state index in [9.17, 15) is 4.79 Å². The third kappa shape index (κ3) is 2.83. The number of hydrogen-bond acceptors (Lipinski definition) is 3. The highest BCUT2D eigenvalue weighted by atomic mass is 32.2. The standard InChI is InChI=1S/C12H19N3OS/c1-10(17-2)12(16)14-6-3-4-11(8-14)15-7-5-13-9-15/h5,7,9-11H,3-4,6,8H2,1-2H3. The molecule has 1 aromatic heterocycles. The second-order valence-electron chi connectivity index (χ2n) is 4.47. The van der Waals surface area contributed by atoms with Gasteiger partial charge in [-0.2, -0.15) is 11.8 Å². The molecule has 1 saturated heterocycles. The number of rotatable bonds is 3. The maximum atomic E-state index is 12.1. The molecule has 1 aliphatic rings. The maximum Gasteiger partial charge on any atom is 0.235 e. The molecule has 2 heterocycles. The quantitative estimate of drug-likeness (QED) is 0.824. The van der Waals surface area contributed by atoms with Gasteiger partial charge in [-0.25, -0.2) is 4.98 Å². The fourth-order valence-corrected chi connectivity index (χ4v) is 2.59. The van der Waals surface area contributed by atoms with E-state index < -0.39 is 0 Å². The van der Waals surface area contributed by atoms with Crippen LogP contribution >= 0.6 is 11.8 Å². The van der Waals surface area contributed by atoms with Crippen LogP contribution in [-0.2, 0) is 4.79 Å². The summed E-state index contributed by atoms with van der Waals surface area (Å²) in [7, 11) is 0. The number of thioether (sulfide) groups is 1. The van der Waals surface area contributed by atoms with E-state index in [1.807, 2.05) is 30.6 Å². The second-order valence-corrected chi connectivity index (χ2v) is 5.65. The van der Waals surface area contributed by atoms with Crippen LogP contribution in [0.5, 0.6) is 0 Å². The number of amides is 1. The van der Waals surface area contributed by atoms with Crippen molar-refractivity contribution in [3.8, 4) is 0 Å². The number of likely N-dealkylation sites (tertiary alicyclic amines) is 1. The number of nitrogens with zero attached hydrogens (tertiary/aromatic N) is 3. The number of hydrogen-bond donors (Lipinski definition) is 0. The third-order valence-electron chi connectivity index (χ3n) is 3.36. The molecule has 17 heavy (non-hydrogen) atoms. The highest BCUT2D eigenvalue weighted by Crippen LogP contribution is 2.23. The van der Waals surface area contributed by atoms with Crippen LogP contribution < -0.4 is 0 Å². The maximum absolute atomic E-state index is 12.1. The molecule has 0 radical (unpaired) electrons. The van der Waals surface area contributed by atoms with Crippen molar-refractivity contribution < 1.29 is 4.79 Å². The van der Waals surface area contributed by atoms with Gasteiger partial charge >= 0.3 is 0 Å². The molecule has 0 bridgehead atoms. The summed E-state index contributed by atoms with van der Waals surface area (Å²) in [5.41, 5.74) is 0. The van der Waals surface area contributed by atoms with Gasteiger partial charge in [-0.1, -0.05) is 0 Å². The summed E-state index contributed by atoms with van der Waals surface area (Å²) in [5.74, 6) is 0.266. The number of imidazole rings is 1. The minimum Gasteiger partial charge on any atom is -0.340 e. The van der Waals surface area contributed by atoms with E-state index in [4.69, 9.17) is 0 Å². The van der Waals surface area contributed by atoms with Crippen LogP contribution in [0.25, 0.3) is 0 Å². The first-order chi connectivity index (χ1) is 8.22. The largest absolute Gasteiger partial charge is 0.340 e. The summed E-state index contributed by atoms with van der Waals surface area (Å²) in [6.45, 7) is 3.70. The highest BCUT2D eigenvalue weighted by molar-refractivity contribution is 7.99. The molecule has 5 heteroatoms. The first-order valence-corrected chi connectivity index (χ1v) is 7.30. The van der Waals surface area contributed by atoms with Crippen molar-refractivity contribution in [3.63, 3.8) is 0 Å². The van der Waals surface area contributed by atoms with Gasteiger partial charge in [0.2, 0.25) is 5.91 Å². The normalized spacial score (nSPS) is 22.5. The number of carbonyl (C=O) groups is 1. The Balaban J connectivity index is 2.00. The molecule has 2 unspecified atom stereocenters. The molecular formula is C12H19N3OS. The summed E-state index contributed by atoms with van der Waals surface area (Å²) >= 11 is 1.61. The summed E-state index contributed by atoms with van der Waals surface area (Å²) < 4.78 is 2.11. The van der Waals surface area contributed by atoms with Gasteiger partial charge in [0, 0.05) is 25.5 Å². The molecule has 4 nitrogen and oxygen atoms in total. The Kier molecular flexibility index (Phi) is 4.10. The van der Waals surface area contributed by atoms with E-state index in [1.165, 1.54) is 0 Å². The molecule has 1 aliphatic heterocycles. The summed E-state index contributed by atoms with van der Waals surface area (Å²) in [6, 6.07) is 0.393. The second kappa shape index (κ2) is 5.58. The third-order valence-corrected chi connectivity index (χ3v) is 4.26. The molecule has 2 atom stereocenters. The lowest BCUT2D eigenvalue weighted by atomic mass is 10.1. The van der Waals surface area contributed by atoms with Crippen molar-refractivity contribution in [1.29, 1.82) is 0 Å². The predicted octanol–water partition coefficient (Wildman–Crippen LogP) is 1.80. The Morgan fingerprint density at radius 3 is 3.06 bits per heavy atom.